The fourth-order valence-electron chi connectivity index (χ4n) is 16.9. The molecule has 0 amide bonds. The lowest BCUT2D eigenvalue weighted by Gasteiger charge is -2.71. The normalized spacial score (nSPS) is 54.4. The van der Waals surface area contributed by atoms with Gasteiger partial charge in [0.05, 0.1) is 45.2 Å². The Morgan fingerprint density at radius 1 is 0.556 bits per heavy atom. The summed E-state index contributed by atoms with van der Waals surface area (Å²) in [4.78, 5) is 15.4. The van der Waals surface area contributed by atoms with Crippen LogP contribution < -0.4 is 0 Å². The molecule has 0 spiro atoms. The van der Waals surface area contributed by atoms with E-state index < -0.39 is 196 Å². The van der Waals surface area contributed by atoms with Gasteiger partial charge >= 0.3 is 5.97 Å². The minimum Gasteiger partial charge on any atom is -0.432 e. The lowest BCUT2D eigenvalue weighted by atomic mass is 9.33. The number of hydrogen-bond donors (Lipinski definition) is 14. The van der Waals surface area contributed by atoms with Gasteiger partial charge in [-0.25, -0.2) is 0 Å². The molecular weight excluding hydrogens is 1070 g/mol. The van der Waals surface area contributed by atoms with Crippen molar-refractivity contribution in [2.24, 2.45) is 50.2 Å². The molecule has 0 bridgehead atoms. The van der Waals surface area contributed by atoms with Crippen LogP contribution in [-0.2, 0) is 52.2 Å². The van der Waals surface area contributed by atoms with Crippen molar-refractivity contribution in [1.82, 2.24) is 0 Å². The zero-order valence-corrected chi connectivity index (χ0v) is 47.2. The van der Waals surface area contributed by atoms with Crippen LogP contribution in [0.1, 0.15) is 106 Å². The van der Waals surface area contributed by atoms with E-state index in [2.05, 4.69) is 54.5 Å². The maximum absolute atomic E-state index is 15.4. The first kappa shape index (κ1) is 62.3. The number of hydrogen-bond acceptors (Lipinski definition) is 25. The standard InChI is InChI=1S/C56H90O25/c1-51(2)14-15-56(24(16-51)23-8-9-31-53(5)12-11-33(78-48-41(69)38(66)36(64)28(18-57)76-48)52(3,4)30(53)10-13-54(31,6)55(23,7)17-32(56)61)50(71)81-49-44(35(63)26(59)20-74-49)80-46-40(68)37(65)29(22-75-46)77-47-42(70)43(27(60)21-73-47)79-45-39(67)34(62)25(58)19-72-45/h8,24-49,57-70H,9-22H2,1-7H3/t24?,25-,26+,27-,28-,29+,30?,31?,32-,33+,34+,35+,36-,37-,38+,39-,40-,41-,42-,43+,44-,45+,46+,47+,48+,49+,53+,54-,55-,56-/m1/s1. The van der Waals surface area contributed by atoms with E-state index in [1.807, 2.05) is 0 Å². The Morgan fingerprint density at radius 3 is 1.83 bits per heavy atom. The molecule has 5 saturated heterocycles. The molecule has 0 aromatic heterocycles. The lowest BCUT2D eigenvalue weighted by Crippen LogP contribution is -2.68. The van der Waals surface area contributed by atoms with Crippen LogP contribution in [0.15, 0.2) is 11.6 Å². The summed E-state index contributed by atoms with van der Waals surface area (Å²) in [5.41, 5.74) is -2.21. The van der Waals surface area contributed by atoms with Gasteiger partial charge in [0.15, 0.2) is 31.3 Å². The van der Waals surface area contributed by atoms with Crippen LogP contribution >= 0.6 is 0 Å². The second-order valence-electron chi connectivity index (χ2n) is 27.4. The summed E-state index contributed by atoms with van der Waals surface area (Å²) in [5, 5.41) is 152. The van der Waals surface area contributed by atoms with Crippen molar-refractivity contribution in [3.05, 3.63) is 11.6 Å². The molecule has 10 rings (SSSR count). The number of carbonyl (C=O) groups excluding carboxylic acids is 1. The third kappa shape index (κ3) is 10.4. The smallest absolute Gasteiger partial charge is 0.317 e. The molecule has 0 aromatic carbocycles. The first-order valence-electron chi connectivity index (χ1n) is 29.1. The number of carbonyl (C=O) groups is 1. The van der Waals surface area contributed by atoms with Gasteiger partial charge in [-0.15, -0.1) is 0 Å². The van der Waals surface area contributed by atoms with E-state index >= 15 is 4.79 Å². The summed E-state index contributed by atoms with van der Waals surface area (Å²) in [6.07, 6.45) is -27.3. The van der Waals surface area contributed by atoms with Gasteiger partial charge in [0.25, 0.3) is 0 Å². The molecule has 10 aliphatic rings. The Hall–Kier alpha value is -1.71. The van der Waals surface area contributed by atoms with Crippen molar-refractivity contribution in [2.75, 3.05) is 33.0 Å². The molecule has 0 radical (unpaired) electrons. The number of allylic oxidation sites excluding steroid dienone is 2. The van der Waals surface area contributed by atoms with Crippen LogP contribution in [0, 0.1) is 50.2 Å². The van der Waals surface area contributed by atoms with Gasteiger partial charge in [-0.2, -0.15) is 0 Å². The molecule has 14 N–H and O–H groups in total. The van der Waals surface area contributed by atoms with Crippen LogP contribution in [0.2, 0.25) is 0 Å². The second kappa shape index (κ2) is 22.8. The van der Waals surface area contributed by atoms with Crippen molar-refractivity contribution in [2.45, 2.75) is 248 Å². The number of aliphatic hydroxyl groups is 14. The van der Waals surface area contributed by atoms with E-state index in [4.69, 9.17) is 47.4 Å². The van der Waals surface area contributed by atoms with Gasteiger partial charge in [0.2, 0.25) is 6.29 Å². The molecule has 9 fully saturated rings. The quantitative estimate of drug-likeness (QED) is 0.0569. The topological polar surface area (TPSA) is 393 Å². The highest BCUT2D eigenvalue weighted by molar-refractivity contribution is 5.80. The van der Waals surface area contributed by atoms with Gasteiger partial charge in [-0.3, -0.25) is 4.79 Å². The van der Waals surface area contributed by atoms with Crippen LogP contribution in [0.25, 0.3) is 0 Å². The molecule has 4 saturated carbocycles. The van der Waals surface area contributed by atoms with E-state index in [9.17, 15) is 71.5 Å². The molecule has 0 aromatic rings. The summed E-state index contributed by atoms with van der Waals surface area (Å²) in [7, 11) is 0. The Balaban J connectivity index is 0.835. The molecule has 5 aliphatic carbocycles. The van der Waals surface area contributed by atoms with Crippen molar-refractivity contribution in [3.63, 3.8) is 0 Å². The molecule has 5 aliphatic heterocycles. The summed E-state index contributed by atoms with van der Waals surface area (Å²) in [5.74, 6) is -0.973. The van der Waals surface area contributed by atoms with E-state index in [0.717, 1.165) is 24.8 Å². The number of aliphatic hydroxyl groups excluding tert-OH is 14. The first-order chi connectivity index (χ1) is 37.9. The Kier molecular flexibility index (Phi) is 17.5. The van der Waals surface area contributed by atoms with Gasteiger partial charge in [-0.05, 0) is 103 Å². The summed E-state index contributed by atoms with van der Waals surface area (Å²) >= 11 is 0. The van der Waals surface area contributed by atoms with Crippen molar-refractivity contribution in [1.29, 1.82) is 0 Å². The van der Waals surface area contributed by atoms with Gasteiger partial charge < -0.3 is 119 Å². The highest BCUT2D eigenvalue weighted by atomic mass is 16.8. The Labute approximate surface area is 470 Å². The van der Waals surface area contributed by atoms with Crippen LogP contribution in [0.3, 0.4) is 0 Å². The monoisotopic (exact) mass is 1160 g/mol. The third-order valence-corrected chi connectivity index (χ3v) is 22.0. The zero-order valence-electron chi connectivity index (χ0n) is 47.2. The average Bonchev–Trinajstić information content (AvgIpc) is 1.05. The Bertz CT molecular complexity index is 2260. The number of fused-ring (bicyclic) bond motifs is 7. The number of rotatable bonds is 11. The molecule has 3 unspecified atom stereocenters. The zero-order chi connectivity index (χ0) is 58.8. The highest BCUT2D eigenvalue weighted by Crippen LogP contribution is 2.76. The molecule has 5 heterocycles. The van der Waals surface area contributed by atoms with Crippen LogP contribution in [-0.4, -0.2) is 252 Å². The molecule has 30 atom stereocenters. The highest BCUT2D eigenvalue weighted by Gasteiger charge is 2.72. The predicted molar refractivity (Wildman–Crippen MR) is 273 cm³/mol. The predicted octanol–water partition coefficient (Wildman–Crippen LogP) is -2.68. The largest absolute Gasteiger partial charge is 0.432 e. The van der Waals surface area contributed by atoms with Gasteiger partial charge in [-0.1, -0.05) is 60.1 Å². The average molecular weight is 1160 g/mol. The molecule has 25 nitrogen and oxygen atoms in total. The van der Waals surface area contributed by atoms with Crippen LogP contribution in [0.4, 0.5) is 0 Å². The third-order valence-electron chi connectivity index (χ3n) is 22.0. The van der Waals surface area contributed by atoms with Crippen molar-refractivity contribution in [3.8, 4) is 0 Å². The maximum atomic E-state index is 15.4. The molecule has 464 valence electrons. The molecular formula is C56H90O25. The summed E-state index contributed by atoms with van der Waals surface area (Å²) in [6.45, 7) is 13.1. The van der Waals surface area contributed by atoms with E-state index in [1.54, 1.807) is 0 Å². The van der Waals surface area contributed by atoms with E-state index in [0.29, 0.717) is 25.7 Å². The SMILES string of the molecule is CC1(C)CC[C@@]2(C(=O)O[C@@H]3OC[C@H](O)[C@H](O)[C@H]3O[C@@H]3OC[C@H](O[C@@H]4OC[C@@H](O)[C@H](O[C@@H]5OC[C@@H](O)[C@H](O)[C@H]5O)[C@H]4O)[C@@H](O)[C@H]3O)C(C1)C1=CCC3[C@@]4(C)CC[C@H](O[C@@H]5O[C@H](CO)[C@@H](O)[C@H](O)[C@H]5O)C(C)(C)C4CC[C@@]3(C)[C@]1(C)C[C@H]2O. The maximum Gasteiger partial charge on any atom is 0.317 e. The van der Waals surface area contributed by atoms with E-state index in [1.165, 1.54) is 0 Å². The summed E-state index contributed by atoms with van der Waals surface area (Å²) < 4.78 is 58.5. The van der Waals surface area contributed by atoms with Crippen LogP contribution in [0.5, 0.6) is 0 Å². The van der Waals surface area contributed by atoms with E-state index in [-0.39, 0.29) is 47.0 Å². The van der Waals surface area contributed by atoms with Gasteiger partial charge in [0.1, 0.15) is 97.0 Å². The Morgan fingerprint density at radius 2 is 1.15 bits per heavy atom. The van der Waals surface area contributed by atoms with Crippen molar-refractivity contribution < 1.29 is 124 Å². The number of esters is 1. The first-order valence-corrected chi connectivity index (χ1v) is 29.1. The summed E-state index contributed by atoms with van der Waals surface area (Å²) in [6, 6.07) is 0. The fraction of sp³-hybridized carbons (Fsp3) is 0.946. The minimum absolute atomic E-state index is 0.143. The second-order valence-corrected chi connectivity index (χ2v) is 27.4. The minimum atomic E-state index is -1.93. The fourth-order valence-corrected chi connectivity index (χ4v) is 16.9. The van der Waals surface area contributed by atoms with Crippen molar-refractivity contribution >= 4 is 5.97 Å². The van der Waals surface area contributed by atoms with Gasteiger partial charge in [0, 0.05) is 0 Å². The number of ether oxygens (including phenoxy) is 10. The lowest BCUT2D eigenvalue weighted by molar-refractivity contribution is -0.365. The molecule has 25 heteroatoms. The molecule has 81 heavy (non-hydrogen) atoms.